The molecule has 0 saturated heterocycles. The number of benzene rings is 1. The molecule has 0 aromatic heterocycles. The van der Waals surface area contributed by atoms with Gasteiger partial charge in [0, 0.05) is 30.3 Å². The fourth-order valence-electron chi connectivity index (χ4n) is 2.44. The topological polar surface area (TPSA) is 15.3 Å². The van der Waals surface area contributed by atoms with E-state index in [0.29, 0.717) is 11.8 Å². The number of rotatable bonds is 9. The number of nitrogens with zero attached hydrogens (tertiary/aromatic N) is 1. The van der Waals surface area contributed by atoms with Gasteiger partial charge in [0.15, 0.2) is 0 Å². The first-order valence-electron chi connectivity index (χ1n) is 8.18. The monoisotopic (exact) mass is 310 g/mol. The molecule has 0 aliphatic carbocycles. The Morgan fingerprint density at radius 3 is 2.19 bits per heavy atom. The Balaban J connectivity index is 2.81. The summed E-state index contributed by atoms with van der Waals surface area (Å²) in [5.41, 5.74) is 2.42. The average molecular weight is 311 g/mol. The molecule has 0 aliphatic rings. The lowest BCUT2D eigenvalue weighted by Gasteiger charge is -2.29. The lowest BCUT2D eigenvalue weighted by Crippen LogP contribution is -2.31. The van der Waals surface area contributed by atoms with E-state index in [1.54, 1.807) is 0 Å². The molecule has 0 fully saturated rings. The van der Waals surface area contributed by atoms with Crippen LogP contribution in [0.15, 0.2) is 18.2 Å². The van der Waals surface area contributed by atoms with Crippen LogP contribution in [0.3, 0.4) is 0 Å². The van der Waals surface area contributed by atoms with Gasteiger partial charge in [-0.3, -0.25) is 0 Å². The van der Waals surface area contributed by atoms with Gasteiger partial charge in [-0.15, -0.1) is 0 Å². The lowest BCUT2D eigenvalue weighted by molar-refractivity contribution is 0.552. The maximum atomic E-state index is 6.46. The smallest absolute Gasteiger partial charge is 0.0471 e. The summed E-state index contributed by atoms with van der Waals surface area (Å²) < 4.78 is 0. The molecule has 21 heavy (non-hydrogen) atoms. The largest absolute Gasteiger partial charge is 0.371 e. The molecule has 0 atom stereocenters. The third kappa shape index (κ3) is 6.71. The Bertz CT molecular complexity index is 406. The standard InChI is InChI=1S/C18H31ClN2/c1-6-9-20-11-16-7-8-17(10-18(16)19)21(12-14(2)3)13-15(4)5/h7-8,10,14-15,20H,6,9,11-13H2,1-5H3. The molecule has 0 heterocycles. The zero-order valence-corrected chi connectivity index (χ0v) is 15.0. The molecule has 0 saturated carbocycles. The fourth-order valence-corrected chi connectivity index (χ4v) is 2.68. The molecule has 120 valence electrons. The molecule has 1 aromatic rings. The highest BCUT2D eigenvalue weighted by Gasteiger charge is 2.12. The molecule has 0 radical (unpaired) electrons. The minimum absolute atomic E-state index is 0.647. The van der Waals surface area contributed by atoms with Crippen molar-refractivity contribution in [1.29, 1.82) is 0 Å². The predicted molar refractivity (Wildman–Crippen MR) is 95.3 cm³/mol. The molecule has 2 nitrogen and oxygen atoms in total. The van der Waals surface area contributed by atoms with Gasteiger partial charge >= 0.3 is 0 Å². The number of anilines is 1. The van der Waals surface area contributed by atoms with Crippen LogP contribution in [-0.4, -0.2) is 19.6 Å². The zero-order chi connectivity index (χ0) is 15.8. The van der Waals surface area contributed by atoms with Gasteiger partial charge in [0.1, 0.15) is 0 Å². The van der Waals surface area contributed by atoms with Crippen molar-refractivity contribution in [3.8, 4) is 0 Å². The van der Waals surface area contributed by atoms with E-state index in [2.05, 4.69) is 63.0 Å². The highest BCUT2D eigenvalue weighted by molar-refractivity contribution is 6.31. The third-order valence-electron chi connectivity index (χ3n) is 3.32. The van der Waals surface area contributed by atoms with Crippen LogP contribution in [0.1, 0.15) is 46.6 Å². The van der Waals surface area contributed by atoms with Crippen LogP contribution < -0.4 is 10.2 Å². The van der Waals surface area contributed by atoms with Crippen molar-refractivity contribution in [2.75, 3.05) is 24.5 Å². The van der Waals surface area contributed by atoms with Crippen molar-refractivity contribution in [3.63, 3.8) is 0 Å². The molecule has 1 rings (SSSR count). The summed E-state index contributed by atoms with van der Waals surface area (Å²) >= 11 is 6.46. The van der Waals surface area contributed by atoms with Crippen LogP contribution in [0, 0.1) is 11.8 Å². The first-order valence-corrected chi connectivity index (χ1v) is 8.55. The summed E-state index contributed by atoms with van der Waals surface area (Å²) in [4.78, 5) is 2.45. The van der Waals surface area contributed by atoms with Gasteiger partial charge in [0.2, 0.25) is 0 Å². The molecule has 0 bridgehead atoms. The van der Waals surface area contributed by atoms with Crippen molar-refractivity contribution in [2.24, 2.45) is 11.8 Å². The van der Waals surface area contributed by atoms with E-state index in [9.17, 15) is 0 Å². The normalized spacial score (nSPS) is 11.4. The number of nitrogens with one attached hydrogen (secondary N) is 1. The number of hydrogen-bond acceptors (Lipinski definition) is 2. The molecule has 1 N–H and O–H groups in total. The van der Waals surface area contributed by atoms with Crippen molar-refractivity contribution in [3.05, 3.63) is 28.8 Å². The van der Waals surface area contributed by atoms with Crippen LogP contribution >= 0.6 is 11.6 Å². The van der Waals surface area contributed by atoms with Crippen LogP contribution in [0.5, 0.6) is 0 Å². The van der Waals surface area contributed by atoms with Crippen LogP contribution in [-0.2, 0) is 6.54 Å². The Kier molecular flexibility index (Phi) is 8.13. The summed E-state index contributed by atoms with van der Waals surface area (Å²) in [7, 11) is 0. The zero-order valence-electron chi connectivity index (χ0n) is 14.2. The molecule has 0 amide bonds. The van der Waals surface area contributed by atoms with Crippen molar-refractivity contribution < 1.29 is 0 Å². The van der Waals surface area contributed by atoms with E-state index in [0.717, 1.165) is 37.6 Å². The Morgan fingerprint density at radius 1 is 1.10 bits per heavy atom. The van der Waals surface area contributed by atoms with Gasteiger partial charge in [0.25, 0.3) is 0 Å². The highest BCUT2D eigenvalue weighted by atomic mass is 35.5. The second kappa shape index (κ2) is 9.32. The first-order chi connectivity index (χ1) is 9.93. The molecular formula is C18H31ClN2. The van der Waals surface area contributed by atoms with E-state index in [1.807, 2.05) is 0 Å². The lowest BCUT2D eigenvalue weighted by atomic mass is 10.1. The second-order valence-electron chi connectivity index (χ2n) is 6.65. The van der Waals surface area contributed by atoms with Crippen molar-refractivity contribution in [1.82, 2.24) is 5.32 Å². The minimum atomic E-state index is 0.647. The quantitative estimate of drug-likeness (QED) is 0.649. The van der Waals surface area contributed by atoms with Gasteiger partial charge in [0.05, 0.1) is 0 Å². The van der Waals surface area contributed by atoms with E-state index in [4.69, 9.17) is 11.6 Å². The van der Waals surface area contributed by atoms with Crippen LogP contribution in [0.25, 0.3) is 0 Å². The molecule has 0 aliphatic heterocycles. The second-order valence-corrected chi connectivity index (χ2v) is 7.05. The van der Waals surface area contributed by atoms with Gasteiger partial charge in [-0.25, -0.2) is 0 Å². The Hall–Kier alpha value is -0.730. The van der Waals surface area contributed by atoms with E-state index >= 15 is 0 Å². The van der Waals surface area contributed by atoms with Crippen molar-refractivity contribution >= 4 is 17.3 Å². The molecule has 1 aromatic carbocycles. The Labute approximate surface area is 135 Å². The van der Waals surface area contributed by atoms with E-state index in [1.165, 1.54) is 11.3 Å². The van der Waals surface area contributed by atoms with Gasteiger partial charge in [-0.2, -0.15) is 0 Å². The Morgan fingerprint density at radius 2 is 1.71 bits per heavy atom. The summed E-state index contributed by atoms with van der Waals surface area (Å²) in [6.07, 6.45) is 1.15. The number of halogens is 1. The van der Waals surface area contributed by atoms with E-state index in [-0.39, 0.29) is 0 Å². The molecule has 3 heteroatoms. The number of hydrogen-bond donors (Lipinski definition) is 1. The average Bonchev–Trinajstić information content (AvgIpc) is 2.39. The predicted octanol–water partition coefficient (Wildman–Crippen LogP) is 4.96. The summed E-state index contributed by atoms with van der Waals surface area (Å²) in [6.45, 7) is 15.2. The van der Waals surface area contributed by atoms with Gasteiger partial charge in [-0.1, -0.05) is 52.3 Å². The van der Waals surface area contributed by atoms with Crippen LogP contribution in [0.4, 0.5) is 5.69 Å². The van der Waals surface area contributed by atoms with Crippen LogP contribution in [0.2, 0.25) is 5.02 Å². The van der Waals surface area contributed by atoms with E-state index < -0.39 is 0 Å². The SMILES string of the molecule is CCCNCc1ccc(N(CC(C)C)CC(C)C)cc1Cl. The molecular weight excluding hydrogens is 280 g/mol. The molecule has 0 unspecified atom stereocenters. The summed E-state index contributed by atoms with van der Waals surface area (Å²) in [5, 5.41) is 4.28. The summed E-state index contributed by atoms with van der Waals surface area (Å²) in [5.74, 6) is 1.29. The maximum Gasteiger partial charge on any atom is 0.0471 e. The maximum absolute atomic E-state index is 6.46. The fraction of sp³-hybridized carbons (Fsp3) is 0.667. The van der Waals surface area contributed by atoms with Crippen molar-refractivity contribution in [2.45, 2.75) is 47.6 Å². The first kappa shape index (κ1) is 18.3. The third-order valence-corrected chi connectivity index (χ3v) is 3.67. The molecule has 0 spiro atoms. The highest BCUT2D eigenvalue weighted by Crippen LogP contribution is 2.25. The van der Waals surface area contributed by atoms with Gasteiger partial charge < -0.3 is 10.2 Å². The minimum Gasteiger partial charge on any atom is -0.371 e. The van der Waals surface area contributed by atoms with Gasteiger partial charge in [-0.05, 0) is 42.5 Å². The summed E-state index contributed by atoms with van der Waals surface area (Å²) in [6, 6.07) is 6.49.